The number of rotatable bonds is 10. The van der Waals surface area contributed by atoms with Crippen LogP contribution in [0.2, 0.25) is 0 Å². The normalized spacial score (nSPS) is 13.9. The van der Waals surface area contributed by atoms with Gasteiger partial charge in [-0.1, -0.05) is 24.3 Å². The van der Waals surface area contributed by atoms with Crippen LogP contribution in [0.25, 0.3) is 0 Å². The third-order valence-electron chi connectivity index (χ3n) is 5.64. The molecule has 0 radical (unpaired) electrons. The molecule has 0 saturated carbocycles. The van der Waals surface area contributed by atoms with Gasteiger partial charge in [-0.05, 0) is 44.0 Å². The van der Waals surface area contributed by atoms with Crippen LogP contribution in [-0.2, 0) is 19.6 Å². The Morgan fingerprint density at radius 2 is 1.52 bits per heavy atom. The summed E-state index contributed by atoms with van der Waals surface area (Å²) in [5, 5.41) is 6.69. The maximum Gasteiger partial charge on any atom is 0.191 e. The zero-order chi connectivity index (χ0) is 22.8. The first-order valence-corrected chi connectivity index (χ1v) is 11.3. The van der Waals surface area contributed by atoms with Crippen molar-refractivity contribution in [1.82, 2.24) is 15.5 Å². The molecule has 0 amide bonds. The molecule has 8 heteroatoms. The Balaban J connectivity index is 0.00000385. The zero-order valence-electron chi connectivity index (χ0n) is 20.1. The molecular formula is C25H37IN4O3. The first-order chi connectivity index (χ1) is 15.7. The van der Waals surface area contributed by atoms with Gasteiger partial charge in [0.2, 0.25) is 0 Å². The minimum absolute atomic E-state index is 0. The van der Waals surface area contributed by atoms with Crippen LogP contribution in [-0.4, -0.2) is 51.8 Å². The highest BCUT2D eigenvalue weighted by molar-refractivity contribution is 14.0. The van der Waals surface area contributed by atoms with Crippen LogP contribution in [0.15, 0.2) is 41.4 Å². The van der Waals surface area contributed by atoms with E-state index in [1.54, 1.807) is 21.3 Å². The second-order valence-electron chi connectivity index (χ2n) is 7.86. The van der Waals surface area contributed by atoms with E-state index in [9.17, 15) is 0 Å². The standard InChI is InChI=1S/C25H36N4O3.HI/c1-5-26-25(28-17-22-23(31-3)14-21(30-2)15-24(22)32-4)27-16-19-8-10-20(11-9-19)18-29-12-6-7-13-29;/h8-11,14-15H,5-7,12-13,16-18H2,1-4H3,(H2,26,27,28);1H. The first kappa shape index (κ1) is 27.0. The van der Waals surface area contributed by atoms with E-state index >= 15 is 0 Å². The number of guanidine groups is 1. The van der Waals surface area contributed by atoms with Crippen molar-refractivity contribution in [2.45, 2.75) is 39.4 Å². The molecule has 0 aliphatic carbocycles. The highest BCUT2D eigenvalue weighted by Crippen LogP contribution is 2.33. The Morgan fingerprint density at radius 3 is 2.06 bits per heavy atom. The Morgan fingerprint density at radius 1 is 0.909 bits per heavy atom. The molecule has 1 fully saturated rings. The molecular weight excluding hydrogens is 531 g/mol. The van der Waals surface area contributed by atoms with Crippen molar-refractivity contribution in [2.75, 3.05) is 41.0 Å². The summed E-state index contributed by atoms with van der Waals surface area (Å²) in [6, 6.07) is 12.5. The van der Waals surface area contributed by atoms with E-state index in [4.69, 9.17) is 19.2 Å². The van der Waals surface area contributed by atoms with E-state index in [0.717, 1.165) is 24.6 Å². The number of hydrogen-bond acceptors (Lipinski definition) is 5. The summed E-state index contributed by atoms with van der Waals surface area (Å²) in [5.74, 6) is 2.85. The van der Waals surface area contributed by atoms with Gasteiger partial charge in [0.15, 0.2) is 5.96 Å². The van der Waals surface area contributed by atoms with E-state index in [0.29, 0.717) is 30.3 Å². The molecule has 7 nitrogen and oxygen atoms in total. The number of hydrogen-bond donors (Lipinski definition) is 2. The highest BCUT2D eigenvalue weighted by Gasteiger charge is 2.14. The smallest absolute Gasteiger partial charge is 0.191 e. The van der Waals surface area contributed by atoms with Gasteiger partial charge in [-0.2, -0.15) is 0 Å². The second kappa shape index (κ2) is 14.1. The molecule has 2 aromatic rings. The Labute approximate surface area is 214 Å². The molecule has 2 aromatic carbocycles. The minimum Gasteiger partial charge on any atom is -0.496 e. The van der Waals surface area contributed by atoms with Gasteiger partial charge in [0.1, 0.15) is 17.2 Å². The average Bonchev–Trinajstić information content (AvgIpc) is 3.34. The van der Waals surface area contributed by atoms with Crippen molar-refractivity contribution >= 4 is 29.9 Å². The second-order valence-corrected chi connectivity index (χ2v) is 7.86. The van der Waals surface area contributed by atoms with Crippen LogP contribution >= 0.6 is 24.0 Å². The van der Waals surface area contributed by atoms with Crippen LogP contribution < -0.4 is 24.8 Å². The maximum atomic E-state index is 5.55. The molecule has 0 atom stereocenters. The average molecular weight is 569 g/mol. The first-order valence-electron chi connectivity index (χ1n) is 11.3. The zero-order valence-corrected chi connectivity index (χ0v) is 22.5. The molecule has 1 saturated heterocycles. The summed E-state index contributed by atoms with van der Waals surface area (Å²) >= 11 is 0. The fourth-order valence-corrected chi connectivity index (χ4v) is 3.89. The molecule has 2 N–H and O–H groups in total. The predicted molar refractivity (Wildman–Crippen MR) is 144 cm³/mol. The van der Waals surface area contributed by atoms with E-state index in [1.165, 1.54) is 37.1 Å². The Kier molecular flexibility index (Phi) is 11.6. The molecule has 0 bridgehead atoms. The van der Waals surface area contributed by atoms with E-state index in [-0.39, 0.29) is 24.0 Å². The molecule has 0 aromatic heterocycles. The van der Waals surface area contributed by atoms with Gasteiger partial charge in [-0.25, -0.2) is 4.99 Å². The summed E-state index contributed by atoms with van der Waals surface area (Å²) in [4.78, 5) is 7.27. The molecule has 0 spiro atoms. The predicted octanol–water partition coefficient (Wildman–Crippen LogP) is 4.18. The van der Waals surface area contributed by atoms with Crippen LogP contribution in [0.5, 0.6) is 17.2 Å². The molecule has 182 valence electrons. The van der Waals surface area contributed by atoms with Crippen molar-refractivity contribution in [2.24, 2.45) is 4.99 Å². The van der Waals surface area contributed by atoms with Gasteiger partial charge in [-0.3, -0.25) is 4.90 Å². The molecule has 3 rings (SSSR count). The lowest BCUT2D eigenvalue weighted by atomic mass is 10.1. The number of likely N-dealkylation sites (tertiary alicyclic amines) is 1. The molecule has 1 aliphatic heterocycles. The van der Waals surface area contributed by atoms with Crippen molar-refractivity contribution in [3.8, 4) is 17.2 Å². The fraction of sp³-hybridized carbons (Fsp3) is 0.480. The highest BCUT2D eigenvalue weighted by atomic mass is 127. The molecule has 1 aliphatic rings. The van der Waals surface area contributed by atoms with E-state index in [2.05, 4.69) is 46.7 Å². The van der Waals surface area contributed by atoms with E-state index < -0.39 is 0 Å². The third kappa shape index (κ3) is 7.96. The van der Waals surface area contributed by atoms with Crippen molar-refractivity contribution in [3.05, 3.63) is 53.1 Å². The van der Waals surface area contributed by atoms with Crippen LogP contribution in [0.1, 0.15) is 36.5 Å². The largest absolute Gasteiger partial charge is 0.496 e. The van der Waals surface area contributed by atoms with Gasteiger partial charge in [0, 0.05) is 25.2 Å². The monoisotopic (exact) mass is 568 g/mol. The SMILES string of the molecule is CCNC(=NCc1ccc(CN2CCCC2)cc1)NCc1c(OC)cc(OC)cc1OC.I. The Hall–Kier alpha value is -2.20. The summed E-state index contributed by atoms with van der Waals surface area (Å²) in [6.45, 7) is 7.42. The summed E-state index contributed by atoms with van der Waals surface area (Å²) in [6.07, 6.45) is 2.64. The summed E-state index contributed by atoms with van der Waals surface area (Å²) < 4.78 is 16.4. The molecule has 33 heavy (non-hydrogen) atoms. The minimum atomic E-state index is 0. The van der Waals surface area contributed by atoms with Gasteiger partial charge in [0.25, 0.3) is 0 Å². The van der Waals surface area contributed by atoms with Crippen LogP contribution in [0.4, 0.5) is 0 Å². The van der Waals surface area contributed by atoms with Gasteiger partial charge >= 0.3 is 0 Å². The van der Waals surface area contributed by atoms with Gasteiger partial charge < -0.3 is 24.8 Å². The quantitative estimate of drug-likeness (QED) is 0.255. The lowest BCUT2D eigenvalue weighted by Gasteiger charge is -2.17. The van der Waals surface area contributed by atoms with Crippen LogP contribution in [0, 0.1) is 0 Å². The number of nitrogens with zero attached hydrogens (tertiary/aromatic N) is 2. The summed E-state index contributed by atoms with van der Waals surface area (Å²) in [5.41, 5.74) is 3.46. The number of aliphatic imine (C=N–C) groups is 1. The maximum absolute atomic E-state index is 5.55. The topological polar surface area (TPSA) is 67.4 Å². The lowest BCUT2D eigenvalue weighted by molar-refractivity contribution is 0.331. The number of nitrogens with one attached hydrogen (secondary N) is 2. The van der Waals surface area contributed by atoms with Crippen molar-refractivity contribution < 1.29 is 14.2 Å². The lowest BCUT2D eigenvalue weighted by Crippen LogP contribution is -2.37. The van der Waals surface area contributed by atoms with Crippen molar-refractivity contribution in [3.63, 3.8) is 0 Å². The van der Waals surface area contributed by atoms with Gasteiger partial charge in [-0.15, -0.1) is 24.0 Å². The third-order valence-corrected chi connectivity index (χ3v) is 5.64. The van der Waals surface area contributed by atoms with Crippen LogP contribution in [0.3, 0.4) is 0 Å². The van der Waals surface area contributed by atoms with Gasteiger partial charge in [0.05, 0.1) is 40.0 Å². The number of benzene rings is 2. The fourth-order valence-electron chi connectivity index (χ4n) is 3.89. The molecule has 1 heterocycles. The summed E-state index contributed by atoms with van der Waals surface area (Å²) in [7, 11) is 4.91. The number of halogens is 1. The molecule has 0 unspecified atom stereocenters. The number of ether oxygens (including phenoxy) is 3. The Bertz CT molecular complexity index is 859. The number of methoxy groups -OCH3 is 3. The van der Waals surface area contributed by atoms with E-state index in [1.807, 2.05) is 12.1 Å². The van der Waals surface area contributed by atoms with Crippen molar-refractivity contribution in [1.29, 1.82) is 0 Å².